The molecule has 1 aliphatic rings. The zero-order valence-corrected chi connectivity index (χ0v) is 9.55. The summed E-state index contributed by atoms with van der Waals surface area (Å²) in [5.74, 6) is 1.99. The Morgan fingerprint density at radius 1 is 1.47 bits per heavy atom. The molecule has 84 valence electrons. The van der Waals surface area contributed by atoms with Gasteiger partial charge in [-0.3, -0.25) is 0 Å². The molecule has 1 aromatic heterocycles. The van der Waals surface area contributed by atoms with Crippen molar-refractivity contribution in [3.63, 3.8) is 0 Å². The first-order valence-corrected chi connectivity index (χ1v) is 6.06. The molecule has 0 bridgehead atoms. The van der Waals surface area contributed by atoms with Crippen LogP contribution in [0.2, 0.25) is 0 Å². The van der Waals surface area contributed by atoms with E-state index in [-0.39, 0.29) is 0 Å². The highest BCUT2D eigenvalue weighted by molar-refractivity contribution is 4.99. The molecule has 0 aromatic carbocycles. The second-order valence-electron chi connectivity index (χ2n) is 4.61. The Hall–Kier alpha value is -0.830. The SMILES string of the molecule is Cc1ncc(CNCCC2CCCC2)[nH]1. The Morgan fingerprint density at radius 3 is 2.93 bits per heavy atom. The molecule has 0 amide bonds. The topological polar surface area (TPSA) is 40.7 Å². The average Bonchev–Trinajstić information content (AvgIpc) is 2.84. The second kappa shape index (κ2) is 5.31. The molecule has 2 N–H and O–H groups in total. The lowest BCUT2D eigenvalue weighted by molar-refractivity contribution is 0.476. The number of nitrogens with zero attached hydrogens (tertiary/aromatic N) is 1. The highest BCUT2D eigenvalue weighted by Crippen LogP contribution is 2.26. The van der Waals surface area contributed by atoms with Crippen LogP contribution in [-0.4, -0.2) is 16.5 Å². The molecule has 3 heteroatoms. The van der Waals surface area contributed by atoms with Crippen molar-refractivity contribution in [2.45, 2.75) is 45.6 Å². The van der Waals surface area contributed by atoms with Crippen molar-refractivity contribution in [1.82, 2.24) is 15.3 Å². The smallest absolute Gasteiger partial charge is 0.103 e. The summed E-state index contributed by atoms with van der Waals surface area (Å²) in [7, 11) is 0. The van der Waals surface area contributed by atoms with Gasteiger partial charge in [-0.25, -0.2) is 4.98 Å². The minimum atomic E-state index is 0.924. The summed E-state index contributed by atoms with van der Waals surface area (Å²) in [5, 5.41) is 3.47. The Labute approximate surface area is 91.7 Å². The minimum absolute atomic E-state index is 0.924. The van der Waals surface area contributed by atoms with E-state index in [2.05, 4.69) is 15.3 Å². The molecule has 2 rings (SSSR count). The number of rotatable bonds is 5. The molecule has 15 heavy (non-hydrogen) atoms. The van der Waals surface area contributed by atoms with Crippen LogP contribution in [0.3, 0.4) is 0 Å². The van der Waals surface area contributed by atoms with Crippen LogP contribution in [-0.2, 0) is 6.54 Å². The third kappa shape index (κ3) is 3.34. The summed E-state index contributed by atoms with van der Waals surface area (Å²) < 4.78 is 0. The van der Waals surface area contributed by atoms with Crippen LogP contribution in [0.4, 0.5) is 0 Å². The largest absolute Gasteiger partial charge is 0.345 e. The molecule has 1 saturated carbocycles. The summed E-state index contributed by atoms with van der Waals surface area (Å²) in [6, 6.07) is 0. The van der Waals surface area contributed by atoms with Gasteiger partial charge in [-0.15, -0.1) is 0 Å². The van der Waals surface area contributed by atoms with Crippen LogP contribution in [0.15, 0.2) is 6.20 Å². The van der Waals surface area contributed by atoms with Gasteiger partial charge in [-0.1, -0.05) is 25.7 Å². The van der Waals surface area contributed by atoms with E-state index >= 15 is 0 Å². The molecule has 0 unspecified atom stereocenters. The molecular weight excluding hydrogens is 186 g/mol. The summed E-state index contributed by atoms with van der Waals surface area (Å²) in [5.41, 5.74) is 1.19. The Kier molecular flexibility index (Phi) is 3.78. The Balaban J connectivity index is 1.58. The molecular formula is C12H21N3. The van der Waals surface area contributed by atoms with Crippen molar-refractivity contribution in [2.75, 3.05) is 6.54 Å². The highest BCUT2D eigenvalue weighted by Gasteiger charge is 2.13. The highest BCUT2D eigenvalue weighted by atomic mass is 15.0. The van der Waals surface area contributed by atoms with Gasteiger partial charge < -0.3 is 10.3 Å². The van der Waals surface area contributed by atoms with E-state index in [0.29, 0.717) is 0 Å². The lowest BCUT2D eigenvalue weighted by Gasteiger charge is -2.08. The van der Waals surface area contributed by atoms with Gasteiger partial charge in [0.15, 0.2) is 0 Å². The third-order valence-electron chi connectivity index (χ3n) is 3.28. The summed E-state index contributed by atoms with van der Waals surface area (Å²) in [6.07, 6.45) is 9.05. The maximum Gasteiger partial charge on any atom is 0.103 e. The zero-order chi connectivity index (χ0) is 10.5. The number of nitrogens with one attached hydrogen (secondary N) is 2. The summed E-state index contributed by atoms with van der Waals surface area (Å²) in [6.45, 7) is 4.05. The fourth-order valence-electron chi connectivity index (χ4n) is 2.39. The van der Waals surface area contributed by atoms with E-state index in [9.17, 15) is 0 Å². The normalized spacial score (nSPS) is 17.4. The monoisotopic (exact) mass is 207 g/mol. The zero-order valence-electron chi connectivity index (χ0n) is 9.55. The first kappa shape index (κ1) is 10.7. The molecule has 0 atom stereocenters. The summed E-state index contributed by atoms with van der Waals surface area (Å²) in [4.78, 5) is 7.41. The lowest BCUT2D eigenvalue weighted by Crippen LogP contribution is -2.17. The molecule has 0 radical (unpaired) electrons. The number of hydrogen-bond donors (Lipinski definition) is 2. The van der Waals surface area contributed by atoms with Gasteiger partial charge in [-0.2, -0.15) is 0 Å². The standard InChI is InChI=1S/C12H21N3/c1-10-14-9-12(15-10)8-13-7-6-11-4-2-3-5-11/h9,11,13H,2-8H2,1H3,(H,14,15). The number of aromatic nitrogens is 2. The fourth-order valence-corrected chi connectivity index (χ4v) is 2.39. The number of aromatic amines is 1. The van der Waals surface area contributed by atoms with Crippen LogP contribution < -0.4 is 5.32 Å². The van der Waals surface area contributed by atoms with E-state index in [1.165, 1.54) is 37.8 Å². The van der Waals surface area contributed by atoms with Gasteiger partial charge in [0.25, 0.3) is 0 Å². The van der Waals surface area contributed by atoms with Gasteiger partial charge in [-0.05, 0) is 25.8 Å². The first-order valence-electron chi connectivity index (χ1n) is 6.06. The van der Waals surface area contributed by atoms with Crippen molar-refractivity contribution in [1.29, 1.82) is 0 Å². The van der Waals surface area contributed by atoms with Crippen LogP contribution in [0.5, 0.6) is 0 Å². The van der Waals surface area contributed by atoms with Crippen LogP contribution in [0, 0.1) is 12.8 Å². The molecule has 0 spiro atoms. The van der Waals surface area contributed by atoms with Crippen molar-refractivity contribution >= 4 is 0 Å². The van der Waals surface area contributed by atoms with Crippen LogP contribution in [0.1, 0.15) is 43.6 Å². The molecule has 1 aromatic rings. The van der Waals surface area contributed by atoms with Crippen molar-refractivity contribution in [2.24, 2.45) is 5.92 Å². The second-order valence-corrected chi connectivity index (χ2v) is 4.61. The Bertz CT molecular complexity index is 287. The maximum atomic E-state index is 4.18. The third-order valence-corrected chi connectivity index (χ3v) is 3.28. The summed E-state index contributed by atoms with van der Waals surface area (Å²) >= 11 is 0. The van der Waals surface area contributed by atoms with E-state index < -0.39 is 0 Å². The van der Waals surface area contributed by atoms with Crippen LogP contribution in [0.25, 0.3) is 0 Å². The molecule has 3 nitrogen and oxygen atoms in total. The van der Waals surface area contributed by atoms with Crippen molar-refractivity contribution in [3.8, 4) is 0 Å². The predicted octanol–water partition coefficient (Wildman–Crippen LogP) is 2.39. The minimum Gasteiger partial charge on any atom is -0.345 e. The van der Waals surface area contributed by atoms with Crippen molar-refractivity contribution in [3.05, 3.63) is 17.7 Å². The van der Waals surface area contributed by atoms with Crippen molar-refractivity contribution < 1.29 is 0 Å². The van der Waals surface area contributed by atoms with E-state index in [4.69, 9.17) is 0 Å². The van der Waals surface area contributed by atoms with E-state index in [0.717, 1.165) is 24.8 Å². The lowest BCUT2D eigenvalue weighted by atomic mass is 10.0. The fraction of sp³-hybridized carbons (Fsp3) is 0.750. The number of hydrogen-bond acceptors (Lipinski definition) is 2. The van der Waals surface area contributed by atoms with Gasteiger partial charge >= 0.3 is 0 Å². The van der Waals surface area contributed by atoms with Gasteiger partial charge in [0.05, 0.1) is 0 Å². The average molecular weight is 207 g/mol. The number of aryl methyl sites for hydroxylation is 1. The molecule has 1 heterocycles. The van der Waals surface area contributed by atoms with E-state index in [1.54, 1.807) is 0 Å². The number of imidazole rings is 1. The van der Waals surface area contributed by atoms with Gasteiger partial charge in [0, 0.05) is 18.4 Å². The Morgan fingerprint density at radius 2 is 2.27 bits per heavy atom. The molecule has 1 fully saturated rings. The predicted molar refractivity (Wildman–Crippen MR) is 61.6 cm³/mol. The molecule has 0 aliphatic heterocycles. The first-order chi connectivity index (χ1) is 7.34. The van der Waals surface area contributed by atoms with E-state index in [1.807, 2.05) is 13.1 Å². The quantitative estimate of drug-likeness (QED) is 0.728. The van der Waals surface area contributed by atoms with Gasteiger partial charge in [0.1, 0.15) is 5.82 Å². The van der Waals surface area contributed by atoms with Crippen LogP contribution >= 0.6 is 0 Å². The molecule has 0 saturated heterocycles. The molecule has 1 aliphatic carbocycles. The number of H-pyrrole nitrogens is 1. The van der Waals surface area contributed by atoms with Gasteiger partial charge in [0.2, 0.25) is 0 Å². The maximum absolute atomic E-state index is 4.18.